The van der Waals surface area contributed by atoms with Crippen LogP contribution in [0.5, 0.6) is 0 Å². The van der Waals surface area contributed by atoms with Crippen molar-refractivity contribution in [1.82, 2.24) is 4.31 Å². The minimum atomic E-state index is -3.82. The van der Waals surface area contributed by atoms with Crippen molar-refractivity contribution in [2.24, 2.45) is 0 Å². The summed E-state index contributed by atoms with van der Waals surface area (Å²) in [5.74, 6) is -1.41. The Balaban J connectivity index is 1.73. The second-order valence-electron chi connectivity index (χ2n) is 7.06. The summed E-state index contributed by atoms with van der Waals surface area (Å²) in [5.41, 5.74) is 1.41. The van der Waals surface area contributed by atoms with Crippen molar-refractivity contribution < 1.29 is 27.5 Å². The lowest BCUT2D eigenvalue weighted by atomic mass is 10.2. The van der Waals surface area contributed by atoms with Gasteiger partial charge >= 0.3 is 5.97 Å². The fourth-order valence-electron chi connectivity index (χ4n) is 3.00. The molecule has 10 heteroatoms. The number of benzene rings is 2. The lowest BCUT2D eigenvalue weighted by molar-refractivity contribution is -0.123. The van der Waals surface area contributed by atoms with E-state index in [1.54, 1.807) is 18.2 Å². The highest BCUT2D eigenvalue weighted by Gasteiger charge is 2.28. The molecule has 1 saturated heterocycles. The zero-order valence-electron chi connectivity index (χ0n) is 17.1. The molecule has 2 aromatic rings. The van der Waals surface area contributed by atoms with Gasteiger partial charge in [-0.1, -0.05) is 23.7 Å². The van der Waals surface area contributed by atoms with Gasteiger partial charge in [-0.3, -0.25) is 4.79 Å². The van der Waals surface area contributed by atoms with E-state index in [9.17, 15) is 18.0 Å². The Labute approximate surface area is 186 Å². The molecule has 31 heavy (non-hydrogen) atoms. The predicted molar refractivity (Wildman–Crippen MR) is 116 cm³/mol. The molecule has 1 heterocycles. The Morgan fingerprint density at radius 3 is 2.55 bits per heavy atom. The van der Waals surface area contributed by atoms with Gasteiger partial charge in [-0.05, 0) is 49.7 Å². The fourth-order valence-corrected chi connectivity index (χ4v) is 4.63. The van der Waals surface area contributed by atoms with E-state index >= 15 is 0 Å². The van der Waals surface area contributed by atoms with Gasteiger partial charge in [0.25, 0.3) is 5.91 Å². The zero-order valence-corrected chi connectivity index (χ0v) is 18.7. The Hall–Kier alpha value is -2.46. The Morgan fingerprint density at radius 1 is 1.16 bits per heavy atom. The highest BCUT2D eigenvalue weighted by molar-refractivity contribution is 7.89. The number of anilines is 1. The summed E-state index contributed by atoms with van der Waals surface area (Å²) in [6.45, 7) is 4.36. The highest BCUT2D eigenvalue weighted by Crippen LogP contribution is 2.25. The molecule has 1 aliphatic heterocycles. The van der Waals surface area contributed by atoms with Crippen molar-refractivity contribution in [2.75, 3.05) is 31.6 Å². The Morgan fingerprint density at radius 2 is 1.87 bits per heavy atom. The molecule has 1 amide bonds. The third-order valence-corrected chi connectivity index (χ3v) is 6.93. The average Bonchev–Trinajstić information content (AvgIpc) is 2.74. The van der Waals surface area contributed by atoms with Crippen LogP contribution in [0.4, 0.5) is 5.69 Å². The van der Waals surface area contributed by atoms with Crippen molar-refractivity contribution in [3.63, 3.8) is 0 Å². The maximum Gasteiger partial charge on any atom is 0.340 e. The largest absolute Gasteiger partial charge is 0.449 e. The molecular formula is C21H23ClN2O6S. The first-order valence-corrected chi connectivity index (χ1v) is 11.5. The minimum Gasteiger partial charge on any atom is -0.449 e. The number of ether oxygens (including phenoxy) is 2. The first-order chi connectivity index (χ1) is 14.7. The number of aryl methyl sites for hydroxylation is 1. The van der Waals surface area contributed by atoms with E-state index in [4.69, 9.17) is 21.1 Å². The number of carbonyl (C=O) groups is 2. The molecule has 1 N–H and O–H groups in total. The number of carbonyl (C=O) groups excluding carboxylic acids is 2. The smallest absolute Gasteiger partial charge is 0.340 e. The van der Waals surface area contributed by atoms with Gasteiger partial charge in [0.05, 0.1) is 28.7 Å². The number of esters is 1. The van der Waals surface area contributed by atoms with Gasteiger partial charge < -0.3 is 14.8 Å². The predicted octanol–water partition coefficient (Wildman–Crippen LogP) is 2.85. The molecule has 0 bridgehead atoms. The van der Waals surface area contributed by atoms with Crippen molar-refractivity contribution in [2.45, 2.75) is 24.8 Å². The van der Waals surface area contributed by atoms with Crippen LogP contribution in [0.3, 0.4) is 0 Å². The number of morpholine rings is 1. The first-order valence-electron chi connectivity index (χ1n) is 9.64. The molecular weight excluding hydrogens is 444 g/mol. The molecule has 166 valence electrons. The lowest BCUT2D eigenvalue weighted by Gasteiger charge is -2.26. The van der Waals surface area contributed by atoms with Gasteiger partial charge in [0.15, 0.2) is 6.10 Å². The fraction of sp³-hybridized carbons (Fsp3) is 0.333. The van der Waals surface area contributed by atoms with Crippen molar-refractivity contribution >= 4 is 39.2 Å². The minimum absolute atomic E-state index is 0.0252. The summed E-state index contributed by atoms with van der Waals surface area (Å²) >= 11 is 6.11. The SMILES string of the molecule is Cc1cccc(NC(=O)C(C)OC(=O)c2cc(S(=O)(=O)N3CCOCC3)ccc2Cl)c1. The van der Waals surface area contributed by atoms with Gasteiger partial charge in [-0.25, -0.2) is 13.2 Å². The molecule has 0 saturated carbocycles. The van der Waals surface area contributed by atoms with Crippen LogP contribution in [0.2, 0.25) is 5.02 Å². The number of amides is 1. The molecule has 1 unspecified atom stereocenters. The van der Waals surface area contributed by atoms with Gasteiger partial charge in [-0.15, -0.1) is 0 Å². The molecule has 0 aromatic heterocycles. The molecule has 1 fully saturated rings. The quantitative estimate of drug-likeness (QED) is 0.657. The van der Waals surface area contributed by atoms with E-state index in [-0.39, 0.29) is 28.6 Å². The summed E-state index contributed by atoms with van der Waals surface area (Å²) in [7, 11) is -3.82. The summed E-state index contributed by atoms with van der Waals surface area (Å²) in [6.07, 6.45) is -1.12. The number of nitrogens with one attached hydrogen (secondary N) is 1. The Bertz CT molecular complexity index is 1080. The number of rotatable bonds is 6. The summed E-state index contributed by atoms with van der Waals surface area (Å²) in [4.78, 5) is 24.9. The van der Waals surface area contributed by atoms with E-state index in [0.717, 1.165) is 5.56 Å². The van der Waals surface area contributed by atoms with Crippen LogP contribution in [-0.4, -0.2) is 57.0 Å². The zero-order chi connectivity index (χ0) is 22.6. The van der Waals surface area contributed by atoms with Crippen LogP contribution in [0.25, 0.3) is 0 Å². The number of nitrogens with zero attached hydrogens (tertiary/aromatic N) is 1. The lowest BCUT2D eigenvalue weighted by Crippen LogP contribution is -2.40. The van der Waals surface area contributed by atoms with E-state index < -0.39 is 28.0 Å². The topological polar surface area (TPSA) is 102 Å². The molecule has 2 aromatic carbocycles. The van der Waals surface area contributed by atoms with Gasteiger partial charge in [0.1, 0.15) is 0 Å². The van der Waals surface area contributed by atoms with Crippen LogP contribution in [0, 0.1) is 6.92 Å². The monoisotopic (exact) mass is 466 g/mol. The maximum atomic E-state index is 12.8. The van der Waals surface area contributed by atoms with Crippen LogP contribution in [0.15, 0.2) is 47.4 Å². The molecule has 1 aliphatic rings. The second-order valence-corrected chi connectivity index (χ2v) is 9.41. The molecule has 0 aliphatic carbocycles. The Kier molecular flexibility index (Phi) is 7.32. The highest BCUT2D eigenvalue weighted by atomic mass is 35.5. The van der Waals surface area contributed by atoms with E-state index in [2.05, 4.69) is 5.32 Å². The van der Waals surface area contributed by atoms with Crippen molar-refractivity contribution in [1.29, 1.82) is 0 Å². The van der Waals surface area contributed by atoms with Gasteiger partial charge in [0.2, 0.25) is 10.0 Å². The molecule has 1 atom stereocenters. The van der Waals surface area contributed by atoms with Crippen LogP contribution < -0.4 is 5.32 Å². The normalized spacial score (nSPS) is 15.8. The van der Waals surface area contributed by atoms with Crippen LogP contribution in [0.1, 0.15) is 22.8 Å². The number of sulfonamides is 1. The summed E-state index contributed by atoms with van der Waals surface area (Å²) in [5, 5.41) is 2.69. The number of hydrogen-bond donors (Lipinski definition) is 1. The van der Waals surface area contributed by atoms with Gasteiger partial charge in [0, 0.05) is 18.8 Å². The van der Waals surface area contributed by atoms with E-state index in [0.29, 0.717) is 18.9 Å². The van der Waals surface area contributed by atoms with Gasteiger partial charge in [-0.2, -0.15) is 4.31 Å². The standard InChI is InChI=1S/C21H23ClN2O6S/c1-14-4-3-5-16(12-14)23-20(25)15(2)30-21(26)18-13-17(6-7-19(18)22)31(27,28)24-8-10-29-11-9-24/h3-7,12-13,15H,8-11H2,1-2H3,(H,23,25). The number of hydrogen-bond acceptors (Lipinski definition) is 6. The number of halogens is 1. The maximum absolute atomic E-state index is 12.8. The molecule has 0 radical (unpaired) electrons. The van der Waals surface area contributed by atoms with E-state index in [1.165, 1.54) is 29.4 Å². The molecule has 3 rings (SSSR count). The van der Waals surface area contributed by atoms with E-state index in [1.807, 2.05) is 13.0 Å². The summed E-state index contributed by atoms with van der Waals surface area (Å²) in [6, 6.07) is 11.0. The third kappa shape index (κ3) is 5.62. The van der Waals surface area contributed by atoms with Crippen molar-refractivity contribution in [3.05, 3.63) is 58.6 Å². The summed E-state index contributed by atoms with van der Waals surface area (Å²) < 4.78 is 37.4. The van der Waals surface area contributed by atoms with Crippen molar-refractivity contribution in [3.8, 4) is 0 Å². The average molecular weight is 467 g/mol. The van der Waals surface area contributed by atoms with Crippen LogP contribution >= 0.6 is 11.6 Å². The second kappa shape index (κ2) is 9.78. The molecule has 0 spiro atoms. The third-order valence-electron chi connectivity index (χ3n) is 4.70. The molecule has 8 nitrogen and oxygen atoms in total. The van der Waals surface area contributed by atoms with Crippen LogP contribution in [-0.2, 0) is 24.3 Å². The first kappa shape index (κ1) is 23.2.